The highest BCUT2D eigenvalue weighted by atomic mass is 35.5. The van der Waals surface area contributed by atoms with Gasteiger partial charge in [0, 0.05) is 12.2 Å². The van der Waals surface area contributed by atoms with Gasteiger partial charge in [0.15, 0.2) is 0 Å². The number of hydrogen-bond acceptors (Lipinski definition) is 9. The van der Waals surface area contributed by atoms with Crippen LogP contribution in [0.1, 0.15) is 49.7 Å². The van der Waals surface area contributed by atoms with Crippen molar-refractivity contribution in [1.29, 1.82) is 5.26 Å². The van der Waals surface area contributed by atoms with E-state index in [-0.39, 0.29) is 42.5 Å². The van der Waals surface area contributed by atoms with E-state index in [0.29, 0.717) is 37.2 Å². The van der Waals surface area contributed by atoms with Crippen molar-refractivity contribution in [3.05, 3.63) is 88.0 Å². The average molecular weight is 670 g/mol. The van der Waals surface area contributed by atoms with Gasteiger partial charge >= 0.3 is 18.1 Å². The van der Waals surface area contributed by atoms with Gasteiger partial charge in [-0.2, -0.15) is 18.4 Å². The maximum atomic E-state index is 14.1. The molecule has 1 heterocycles. The second-order valence-corrected chi connectivity index (χ2v) is 10.3. The Morgan fingerprint density at radius 2 is 1.78 bits per heavy atom. The largest absolute Gasteiger partial charge is 0.489 e. The number of allylic oxidation sites excluding steroid dienone is 2. The number of aliphatic hydroxyl groups is 1. The molecule has 0 bridgehead atoms. The summed E-state index contributed by atoms with van der Waals surface area (Å²) in [6, 6.07) is 13.4. The van der Waals surface area contributed by atoms with E-state index in [1.165, 1.54) is 19.1 Å². The number of alkyl halides is 3. The maximum absolute atomic E-state index is 14.1. The highest BCUT2D eigenvalue weighted by Crippen LogP contribution is 2.43. The van der Waals surface area contributed by atoms with Gasteiger partial charge in [-0.1, -0.05) is 37.1 Å². The number of ether oxygens (including phenoxy) is 3. The smallest absolute Gasteiger partial charge is 0.431 e. The van der Waals surface area contributed by atoms with Crippen molar-refractivity contribution in [3.63, 3.8) is 0 Å². The van der Waals surface area contributed by atoms with Gasteiger partial charge in [0.05, 0.1) is 36.3 Å². The van der Waals surface area contributed by atoms with Gasteiger partial charge in [0.25, 0.3) is 0 Å². The molecule has 46 heavy (non-hydrogen) atoms. The summed E-state index contributed by atoms with van der Waals surface area (Å²) in [5.41, 5.74) is -2.35. The second kappa shape index (κ2) is 18.1. The molecule has 0 aromatic heterocycles. The van der Waals surface area contributed by atoms with Crippen molar-refractivity contribution >= 4 is 24.3 Å². The highest BCUT2D eigenvalue weighted by molar-refractivity contribution is 6.00. The predicted molar refractivity (Wildman–Crippen MR) is 162 cm³/mol. The quantitative estimate of drug-likeness (QED) is 0.133. The van der Waals surface area contributed by atoms with Crippen LogP contribution in [0.3, 0.4) is 0 Å². The zero-order chi connectivity index (χ0) is 33.0. The highest BCUT2D eigenvalue weighted by Gasteiger charge is 2.47. The van der Waals surface area contributed by atoms with E-state index in [0.717, 1.165) is 32.1 Å². The Morgan fingerprint density at radius 1 is 1.07 bits per heavy atom. The number of carbonyl (C=O) groups excluding carboxylic acids is 2. The number of aliphatic hydroxyl groups excluding tert-OH is 1. The molecule has 0 aliphatic carbocycles. The Balaban J connectivity index is 0.00000736. The number of carbonyl (C=O) groups is 2. The van der Waals surface area contributed by atoms with E-state index < -0.39 is 47.2 Å². The fraction of sp³-hybridized carbons (Fsp3) is 0.406. The Bertz CT molecular complexity index is 1460. The van der Waals surface area contributed by atoms with E-state index >= 15 is 0 Å². The third-order valence-electron chi connectivity index (χ3n) is 6.95. The number of halogens is 5. The first-order valence-corrected chi connectivity index (χ1v) is 14.3. The summed E-state index contributed by atoms with van der Waals surface area (Å²) in [5, 5.41) is 24.4. The lowest BCUT2D eigenvalue weighted by molar-refractivity contribution is -0.140. The summed E-state index contributed by atoms with van der Waals surface area (Å²) >= 11 is 0. The molecule has 1 aliphatic heterocycles. The molecule has 3 N–H and O–H groups in total. The Kier molecular flexibility index (Phi) is 15.0. The van der Waals surface area contributed by atoms with Gasteiger partial charge in [-0.05, 0) is 56.1 Å². The fourth-order valence-electron chi connectivity index (χ4n) is 4.82. The van der Waals surface area contributed by atoms with Crippen LogP contribution >= 0.6 is 12.4 Å². The van der Waals surface area contributed by atoms with Gasteiger partial charge in [-0.15, -0.1) is 12.4 Å². The van der Waals surface area contributed by atoms with Crippen molar-refractivity contribution in [1.82, 2.24) is 10.6 Å². The summed E-state index contributed by atoms with van der Waals surface area (Å²) in [7, 11) is 0.916. The van der Waals surface area contributed by atoms with Crippen LogP contribution in [0.15, 0.2) is 71.1 Å². The van der Waals surface area contributed by atoms with Crippen molar-refractivity contribution in [2.24, 2.45) is 0 Å². The van der Waals surface area contributed by atoms with Gasteiger partial charge in [0.2, 0.25) is 0 Å². The van der Waals surface area contributed by atoms with Gasteiger partial charge in [-0.3, -0.25) is 0 Å². The molecule has 1 aliphatic rings. The van der Waals surface area contributed by atoms with Crippen molar-refractivity contribution in [2.75, 3.05) is 33.4 Å². The normalized spacial score (nSPS) is 15.3. The minimum atomic E-state index is -4.99. The molecular weight excluding hydrogens is 634 g/mol. The zero-order valence-electron chi connectivity index (χ0n) is 25.3. The van der Waals surface area contributed by atoms with Crippen LogP contribution in [-0.2, 0) is 19.1 Å². The zero-order valence-corrected chi connectivity index (χ0v) is 26.1. The van der Waals surface area contributed by atoms with Crippen LogP contribution < -0.4 is 15.4 Å². The number of para-hydroxylation sites is 1. The summed E-state index contributed by atoms with van der Waals surface area (Å²) in [6.45, 7) is 2.16. The monoisotopic (exact) mass is 669 g/mol. The van der Waals surface area contributed by atoms with E-state index in [1.54, 1.807) is 24.3 Å². The van der Waals surface area contributed by atoms with Crippen molar-refractivity contribution in [2.45, 2.75) is 50.8 Å². The second-order valence-electron chi connectivity index (χ2n) is 10.3. The van der Waals surface area contributed by atoms with Crippen molar-refractivity contribution < 1.29 is 46.5 Å². The summed E-state index contributed by atoms with van der Waals surface area (Å²) in [4.78, 5) is 25.8. The topological polar surface area (TPSA) is 130 Å². The first kappa shape index (κ1) is 38.1. The Labute approximate surface area is 270 Å². The van der Waals surface area contributed by atoms with E-state index in [4.69, 9.17) is 14.7 Å². The number of dihydropyridines is 1. The van der Waals surface area contributed by atoms with Crippen LogP contribution in [-0.4, -0.2) is 62.7 Å². The molecule has 0 spiro atoms. The first-order chi connectivity index (χ1) is 21.5. The molecule has 2 atom stereocenters. The summed E-state index contributed by atoms with van der Waals surface area (Å²) < 4.78 is 71.5. The summed E-state index contributed by atoms with van der Waals surface area (Å²) in [5.74, 6) is -4.19. The lowest BCUT2D eigenvalue weighted by Crippen LogP contribution is -2.38. The average Bonchev–Trinajstić information content (AvgIpc) is 3.01. The van der Waals surface area contributed by atoms with Crippen LogP contribution in [0.5, 0.6) is 5.75 Å². The van der Waals surface area contributed by atoms with E-state index in [9.17, 15) is 32.3 Å². The third kappa shape index (κ3) is 10.5. The third-order valence-corrected chi connectivity index (χ3v) is 6.95. The number of hydrogen-bond donors (Lipinski definition) is 3. The molecule has 0 fully saturated rings. The minimum absolute atomic E-state index is 0. The maximum Gasteiger partial charge on any atom is 0.431 e. The van der Waals surface area contributed by atoms with Crippen molar-refractivity contribution in [3.8, 4) is 11.8 Å². The molecule has 9 nitrogen and oxygen atoms in total. The number of esters is 2. The number of nitrogens with zero attached hydrogens (tertiary/aromatic N) is 1. The number of benzene rings is 2. The van der Waals surface area contributed by atoms with Gasteiger partial charge in [0.1, 0.15) is 36.0 Å². The van der Waals surface area contributed by atoms with E-state index in [2.05, 4.69) is 15.4 Å². The molecule has 2 aromatic rings. The lowest BCUT2D eigenvalue weighted by Gasteiger charge is -2.32. The SMILES string of the molecule is COC(=O)C1=C(C(F)(F)F)NC(C)=C(C(=O)OCCCCCCNCC(O)COc2ccccc2C#N)C1c1cccc(F)c1.Cl. The molecule has 3 rings (SSSR count). The molecule has 0 saturated heterocycles. The van der Waals surface area contributed by atoms with E-state index in [1.807, 2.05) is 6.07 Å². The molecule has 0 radical (unpaired) electrons. The Hall–Kier alpha value is -4.12. The summed E-state index contributed by atoms with van der Waals surface area (Å²) in [6.07, 6.45) is -3.08. The number of nitriles is 1. The molecule has 0 saturated carbocycles. The lowest BCUT2D eigenvalue weighted by atomic mass is 9.80. The van der Waals surface area contributed by atoms with Gasteiger partial charge in [-0.25, -0.2) is 14.0 Å². The van der Waals surface area contributed by atoms with Crippen LogP contribution in [0, 0.1) is 17.1 Å². The Morgan fingerprint density at radius 3 is 2.46 bits per heavy atom. The number of nitrogens with one attached hydrogen (secondary N) is 2. The fourth-order valence-corrected chi connectivity index (χ4v) is 4.82. The molecule has 250 valence electrons. The van der Waals surface area contributed by atoms with Gasteiger partial charge < -0.3 is 30.0 Å². The molecule has 0 amide bonds. The van der Waals surface area contributed by atoms with Crippen LogP contribution in [0.2, 0.25) is 0 Å². The molecule has 2 unspecified atom stereocenters. The first-order valence-electron chi connectivity index (χ1n) is 14.3. The number of rotatable bonds is 15. The number of unbranched alkanes of at least 4 members (excludes halogenated alkanes) is 3. The van der Waals surface area contributed by atoms with Crippen LogP contribution in [0.4, 0.5) is 17.6 Å². The number of methoxy groups -OCH3 is 1. The standard InChI is InChI=1S/C32H35F4N3O6.ClH/c1-20-26(27(21-11-9-12-23(33)16-21)28(30(41)43-2)29(39-20)32(34,35)36)31(42)44-15-8-4-3-7-14-38-18-24(40)19-45-25-13-6-5-10-22(25)17-37;/h5-6,9-13,16,24,27,38-40H,3-4,7-8,14-15,18-19H2,1-2H3;1H. The minimum Gasteiger partial charge on any atom is -0.489 e. The predicted octanol–water partition coefficient (Wildman–Crippen LogP) is 5.20. The molecule has 14 heteroatoms. The molecule has 2 aromatic carbocycles. The van der Waals surface area contributed by atoms with Crippen LogP contribution in [0.25, 0.3) is 0 Å². The molecular formula is C32H36ClF4N3O6.